The molecule has 174 valence electrons. The molecule has 1 heterocycles. The van der Waals surface area contributed by atoms with Crippen LogP contribution in [0, 0.1) is 11.2 Å². The van der Waals surface area contributed by atoms with Crippen LogP contribution in [0.5, 0.6) is 0 Å². The number of nitrogens with one attached hydrogen (secondary N) is 2. The van der Waals surface area contributed by atoms with Crippen molar-refractivity contribution < 1.29 is 33.7 Å². The Hall–Kier alpha value is -3.01. The molecule has 2 aromatic rings. The summed E-state index contributed by atoms with van der Waals surface area (Å²) in [6.45, 7) is 0.911. The van der Waals surface area contributed by atoms with E-state index >= 15 is 0 Å². The van der Waals surface area contributed by atoms with E-state index < -0.39 is 53.3 Å². The van der Waals surface area contributed by atoms with Gasteiger partial charge in [-0.05, 0) is 36.2 Å². The summed E-state index contributed by atoms with van der Waals surface area (Å²) >= 11 is 5.98. The second-order valence-electron chi connectivity index (χ2n) is 8.29. The molecule has 8 nitrogen and oxygen atoms in total. The van der Waals surface area contributed by atoms with E-state index in [1.165, 1.54) is 18.2 Å². The van der Waals surface area contributed by atoms with Crippen LogP contribution in [0.3, 0.4) is 0 Å². The molecule has 1 amide bonds. The van der Waals surface area contributed by atoms with E-state index in [0.29, 0.717) is 21.7 Å². The van der Waals surface area contributed by atoms with Crippen molar-refractivity contribution in [1.82, 2.24) is 10.6 Å². The van der Waals surface area contributed by atoms with Gasteiger partial charge in [0.25, 0.3) is 0 Å². The molecule has 4 atom stereocenters. The number of aliphatic carboxylic acids is 1. The number of esters is 1. The van der Waals surface area contributed by atoms with Gasteiger partial charge in [0.1, 0.15) is 16.9 Å². The molecule has 1 aliphatic carbocycles. The lowest BCUT2D eigenvalue weighted by molar-refractivity contribution is -0.155. The number of halogens is 2. The smallest absolute Gasteiger partial charge is 0.396 e. The van der Waals surface area contributed by atoms with Crippen LogP contribution in [0.4, 0.5) is 4.39 Å². The van der Waals surface area contributed by atoms with Gasteiger partial charge in [0, 0.05) is 22.9 Å². The van der Waals surface area contributed by atoms with Crippen LogP contribution < -0.4 is 10.6 Å². The zero-order chi connectivity index (χ0) is 24.0. The summed E-state index contributed by atoms with van der Waals surface area (Å²) in [4.78, 5) is 36.3. The van der Waals surface area contributed by atoms with Crippen molar-refractivity contribution in [3.63, 3.8) is 0 Å². The molecule has 33 heavy (non-hydrogen) atoms. The highest BCUT2D eigenvalue weighted by Gasteiger charge is 2.74. The fourth-order valence-corrected chi connectivity index (χ4v) is 5.00. The number of carboxylic acids is 1. The molecular weight excluding hydrogens is 455 g/mol. The van der Waals surface area contributed by atoms with Crippen molar-refractivity contribution in [1.29, 1.82) is 0 Å². The summed E-state index contributed by atoms with van der Waals surface area (Å²) in [5.74, 6) is -4.45. The van der Waals surface area contributed by atoms with Crippen molar-refractivity contribution in [2.24, 2.45) is 5.41 Å². The lowest BCUT2D eigenvalue weighted by Crippen LogP contribution is -2.48. The van der Waals surface area contributed by atoms with Gasteiger partial charge < -0.3 is 20.3 Å². The maximum Gasteiger partial charge on any atom is 0.396 e. The number of fused-ring (bicyclic) bond motifs is 1. The van der Waals surface area contributed by atoms with Gasteiger partial charge in [-0.1, -0.05) is 35.9 Å². The summed E-state index contributed by atoms with van der Waals surface area (Å²) in [6.07, 6.45) is -0.128. The molecule has 2 fully saturated rings. The summed E-state index contributed by atoms with van der Waals surface area (Å²) in [5.41, 5.74) is -1.33. The van der Waals surface area contributed by atoms with Crippen LogP contribution in [0.25, 0.3) is 11.1 Å². The first kappa shape index (κ1) is 23.2. The average Bonchev–Trinajstić information content (AvgIpc) is 3.39. The quantitative estimate of drug-likeness (QED) is 0.284. The molecule has 10 heteroatoms. The molecule has 4 N–H and O–H groups in total. The standard InChI is InChI=1S/C23H22ClFN2O6/c1-2-33-20(30)19(29)27-23-10-22(11-28,21(31)32)17(18(23)26-23)13-5-3-12(4-6-13)15-9-14(24)7-8-16(15)25/h3-9,17-18,26,28H,2,10-11H2,1H3,(H,27,29)(H,31,32)/t17?,18?,22-,23-/m0/s1. The van der Waals surface area contributed by atoms with Crippen molar-refractivity contribution in [3.05, 3.63) is 58.9 Å². The van der Waals surface area contributed by atoms with E-state index in [9.17, 15) is 29.0 Å². The van der Waals surface area contributed by atoms with Crippen molar-refractivity contribution >= 4 is 29.4 Å². The third-order valence-corrected chi connectivity index (χ3v) is 6.63. The number of carboxylic acid groups (broad SMARTS) is 1. The van der Waals surface area contributed by atoms with Gasteiger partial charge in [-0.15, -0.1) is 0 Å². The minimum Gasteiger partial charge on any atom is -0.481 e. The molecule has 1 saturated heterocycles. The maximum absolute atomic E-state index is 14.2. The predicted molar refractivity (Wildman–Crippen MR) is 116 cm³/mol. The number of benzene rings is 2. The van der Waals surface area contributed by atoms with E-state index in [-0.39, 0.29) is 13.0 Å². The number of piperidine rings is 1. The van der Waals surface area contributed by atoms with Crippen LogP contribution in [0.15, 0.2) is 42.5 Å². The van der Waals surface area contributed by atoms with E-state index in [0.717, 1.165) is 0 Å². The number of amides is 1. The van der Waals surface area contributed by atoms with Gasteiger partial charge in [-0.3, -0.25) is 14.9 Å². The number of hydrogen-bond acceptors (Lipinski definition) is 6. The third-order valence-electron chi connectivity index (χ3n) is 6.40. The Bertz CT molecular complexity index is 1130. The first-order chi connectivity index (χ1) is 15.7. The van der Waals surface area contributed by atoms with Crippen molar-refractivity contribution in [2.45, 2.75) is 31.0 Å². The number of rotatable bonds is 6. The summed E-state index contributed by atoms with van der Waals surface area (Å²) in [6, 6.07) is 10.3. The zero-order valence-electron chi connectivity index (χ0n) is 17.6. The SMILES string of the molecule is CCOC(=O)C(=O)N[C@@]12C[C@@](CO)(C(=O)O)C(c3ccc(-c4cc(Cl)ccc4F)cc3)C1N2. The van der Waals surface area contributed by atoms with Crippen LogP contribution in [-0.4, -0.2) is 53.0 Å². The molecule has 0 bridgehead atoms. The fraction of sp³-hybridized carbons (Fsp3) is 0.348. The van der Waals surface area contributed by atoms with E-state index in [2.05, 4.69) is 10.6 Å². The molecule has 4 rings (SSSR count). The molecule has 1 saturated carbocycles. The topological polar surface area (TPSA) is 135 Å². The summed E-state index contributed by atoms with van der Waals surface area (Å²) < 4.78 is 18.9. The van der Waals surface area contributed by atoms with Crippen LogP contribution in [-0.2, 0) is 19.1 Å². The van der Waals surface area contributed by atoms with Gasteiger partial charge in [0.15, 0.2) is 0 Å². The van der Waals surface area contributed by atoms with Gasteiger partial charge in [0.2, 0.25) is 0 Å². The largest absolute Gasteiger partial charge is 0.481 e. The maximum atomic E-state index is 14.2. The predicted octanol–water partition coefficient (Wildman–Crippen LogP) is 2.04. The molecule has 2 unspecified atom stereocenters. The molecule has 2 aromatic carbocycles. The summed E-state index contributed by atoms with van der Waals surface area (Å²) in [5, 5.41) is 26.1. The molecule has 1 aliphatic heterocycles. The van der Waals surface area contributed by atoms with Crippen molar-refractivity contribution in [2.75, 3.05) is 13.2 Å². The van der Waals surface area contributed by atoms with E-state index in [4.69, 9.17) is 16.3 Å². The zero-order valence-corrected chi connectivity index (χ0v) is 18.4. The number of hydrogen-bond donors (Lipinski definition) is 4. The highest BCUT2D eigenvalue weighted by Crippen LogP contribution is 2.59. The van der Waals surface area contributed by atoms with Crippen LogP contribution in [0.1, 0.15) is 24.8 Å². The number of carbonyl (C=O) groups excluding carboxylic acids is 2. The molecule has 0 radical (unpaired) electrons. The number of aliphatic hydroxyl groups excluding tert-OH is 1. The molecular formula is C23H22ClFN2O6. The van der Waals surface area contributed by atoms with E-state index in [1.54, 1.807) is 31.2 Å². The first-order valence-corrected chi connectivity index (χ1v) is 10.7. The normalized spacial score (nSPS) is 27.5. The van der Waals surface area contributed by atoms with Crippen LogP contribution in [0.2, 0.25) is 5.02 Å². The summed E-state index contributed by atoms with van der Waals surface area (Å²) in [7, 11) is 0. The van der Waals surface area contributed by atoms with Gasteiger partial charge in [-0.25, -0.2) is 9.18 Å². The second kappa shape index (κ2) is 8.40. The monoisotopic (exact) mass is 476 g/mol. The van der Waals surface area contributed by atoms with Gasteiger partial charge in [0.05, 0.1) is 19.3 Å². The lowest BCUT2D eigenvalue weighted by atomic mass is 9.73. The molecule has 0 spiro atoms. The number of ether oxygens (including phenoxy) is 1. The fourth-order valence-electron chi connectivity index (χ4n) is 4.83. The minimum atomic E-state index is -1.60. The minimum absolute atomic E-state index is 0.0218. The molecule has 2 aliphatic rings. The molecule has 0 aromatic heterocycles. The Kier molecular flexibility index (Phi) is 5.90. The Labute approximate surface area is 193 Å². The Balaban J connectivity index is 1.66. The number of aliphatic hydroxyl groups is 1. The Morgan fingerprint density at radius 3 is 2.55 bits per heavy atom. The van der Waals surface area contributed by atoms with Gasteiger partial charge >= 0.3 is 17.8 Å². The highest BCUT2D eigenvalue weighted by atomic mass is 35.5. The van der Waals surface area contributed by atoms with E-state index in [1.807, 2.05) is 0 Å². The average molecular weight is 477 g/mol. The third kappa shape index (κ3) is 3.86. The van der Waals surface area contributed by atoms with Gasteiger partial charge in [-0.2, -0.15) is 0 Å². The first-order valence-electron chi connectivity index (χ1n) is 10.3. The Morgan fingerprint density at radius 2 is 1.94 bits per heavy atom. The second-order valence-corrected chi connectivity index (χ2v) is 8.72. The number of carbonyl (C=O) groups is 3. The van der Waals surface area contributed by atoms with Crippen LogP contribution >= 0.6 is 11.6 Å². The lowest BCUT2D eigenvalue weighted by Gasteiger charge is -2.32. The van der Waals surface area contributed by atoms with Crippen molar-refractivity contribution in [3.8, 4) is 11.1 Å². The Morgan fingerprint density at radius 1 is 1.24 bits per heavy atom. The highest BCUT2D eigenvalue weighted by molar-refractivity contribution is 6.32.